The van der Waals surface area contributed by atoms with Crippen LogP contribution in [0.15, 0.2) is 35.5 Å². The van der Waals surface area contributed by atoms with Gasteiger partial charge in [-0.25, -0.2) is 0 Å². The smallest absolute Gasteiger partial charge is 0.163 e. The number of fused-ring (bicyclic) bond motifs is 1. The van der Waals surface area contributed by atoms with Gasteiger partial charge in [0.05, 0.1) is 17.4 Å². The maximum atomic E-state index is 12.6. The summed E-state index contributed by atoms with van der Waals surface area (Å²) in [5.41, 5.74) is 4.26. The predicted molar refractivity (Wildman–Crippen MR) is 82.8 cm³/mol. The van der Waals surface area contributed by atoms with Crippen molar-refractivity contribution in [3.05, 3.63) is 35.5 Å². The number of hydrogen-bond acceptors (Lipinski definition) is 3. The molecule has 0 saturated heterocycles. The molecule has 0 fully saturated rings. The van der Waals surface area contributed by atoms with Gasteiger partial charge in [-0.1, -0.05) is 32.9 Å². The number of carbonyl (C=O) groups is 1. The zero-order chi connectivity index (χ0) is 14.3. The maximum Gasteiger partial charge on any atom is 0.163 e. The van der Waals surface area contributed by atoms with Gasteiger partial charge >= 0.3 is 0 Å². The highest BCUT2D eigenvalue weighted by atomic mass is 16.1. The number of carbonyl (C=O) groups excluding carboxylic acids is 1. The molecule has 1 aromatic carbocycles. The number of allylic oxidation sites excluding steroid dienone is 1. The number of Topliss-reactive ketones (excluding diaryl/α,β-unsaturated/α-hetero) is 1. The fourth-order valence-electron chi connectivity index (χ4n) is 3.30. The van der Waals surface area contributed by atoms with Crippen molar-refractivity contribution >= 4 is 17.2 Å². The van der Waals surface area contributed by atoms with Gasteiger partial charge in [-0.3, -0.25) is 4.79 Å². The summed E-state index contributed by atoms with van der Waals surface area (Å²) in [7, 11) is 0. The quantitative estimate of drug-likeness (QED) is 0.812. The summed E-state index contributed by atoms with van der Waals surface area (Å²) in [5.74, 6) is 0.288. The molecule has 2 N–H and O–H groups in total. The minimum Gasteiger partial charge on any atom is -0.376 e. The molecule has 0 radical (unpaired) electrons. The second-order valence-corrected chi connectivity index (χ2v) is 6.61. The van der Waals surface area contributed by atoms with E-state index in [2.05, 4.69) is 43.5 Å². The third-order valence-electron chi connectivity index (χ3n) is 4.22. The van der Waals surface area contributed by atoms with Crippen LogP contribution >= 0.6 is 0 Å². The average molecular weight is 270 g/mol. The molecule has 0 saturated carbocycles. The molecule has 106 valence electrons. The first kappa shape index (κ1) is 13.2. The Hall–Kier alpha value is -1.77. The van der Waals surface area contributed by atoms with E-state index < -0.39 is 0 Å². The molecule has 3 heteroatoms. The molecule has 0 bridgehead atoms. The summed E-state index contributed by atoms with van der Waals surface area (Å²) in [4.78, 5) is 12.6. The summed E-state index contributed by atoms with van der Waals surface area (Å²) in [6.07, 6.45) is 2.49. The van der Waals surface area contributed by atoms with E-state index in [1.807, 2.05) is 12.1 Å². The third kappa shape index (κ3) is 2.21. The Bertz CT molecular complexity index is 586. The first-order valence-corrected chi connectivity index (χ1v) is 7.39. The highest BCUT2D eigenvalue weighted by Gasteiger charge is 2.37. The number of para-hydroxylation sites is 2. The van der Waals surface area contributed by atoms with Crippen molar-refractivity contribution in [2.75, 3.05) is 10.6 Å². The maximum absolute atomic E-state index is 12.6. The Labute approximate surface area is 120 Å². The zero-order valence-electron chi connectivity index (χ0n) is 12.4. The molecule has 20 heavy (non-hydrogen) atoms. The largest absolute Gasteiger partial charge is 0.376 e. The van der Waals surface area contributed by atoms with E-state index in [-0.39, 0.29) is 17.2 Å². The predicted octanol–water partition coefficient (Wildman–Crippen LogP) is 3.95. The molecule has 0 amide bonds. The lowest BCUT2D eigenvalue weighted by molar-refractivity contribution is -0.118. The Morgan fingerprint density at radius 2 is 1.90 bits per heavy atom. The molecule has 1 atom stereocenters. The molecule has 1 aliphatic carbocycles. The number of rotatable bonds is 1. The first-order valence-electron chi connectivity index (χ1n) is 7.39. The number of benzene rings is 1. The van der Waals surface area contributed by atoms with Crippen LogP contribution in [0.5, 0.6) is 0 Å². The SMILES string of the molecule is CC[C@H]1Nc2ccccc2NC2=C1C(=O)CC(C)(C)C2. The van der Waals surface area contributed by atoms with Crippen molar-refractivity contribution in [2.45, 2.75) is 46.1 Å². The monoisotopic (exact) mass is 270 g/mol. The van der Waals surface area contributed by atoms with Crippen LogP contribution in [0.1, 0.15) is 40.0 Å². The molecular formula is C17H22N2O. The van der Waals surface area contributed by atoms with E-state index in [1.165, 1.54) is 0 Å². The van der Waals surface area contributed by atoms with E-state index in [0.29, 0.717) is 6.42 Å². The number of hydrogen-bond donors (Lipinski definition) is 2. The molecule has 0 aromatic heterocycles. The van der Waals surface area contributed by atoms with Gasteiger partial charge in [-0.05, 0) is 30.4 Å². The molecular weight excluding hydrogens is 248 g/mol. The molecule has 1 aliphatic heterocycles. The summed E-state index contributed by atoms with van der Waals surface area (Å²) in [5, 5.41) is 7.03. The van der Waals surface area contributed by atoms with Crippen LogP contribution in [0.3, 0.4) is 0 Å². The van der Waals surface area contributed by atoms with Crippen molar-refractivity contribution in [3.63, 3.8) is 0 Å². The highest BCUT2D eigenvalue weighted by molar-refractivity contribution is 6.00. The van der Waals surface area contributed by atoms with Crippen LogP contribution in [0.2, 0.25) is 0 Å². The zero-order valence-corrected chi connectivity index (χ0v) is 12.4. The number of anilines is 2. The van der Waals surface area contributed by atoms with Crippen LogP contribution in [-0.2, 0) is 4.79 Å². The molecule has 3 nitrogen and oxygen atoms in total. The van der Waals surface area contributed by atoms with Crippen LogP contribution in [0.4, 0.5) is 11.4 Å². The molecule has 1 heterocycles. The van der Waals surface area contributed by atoms with Crippen LogP contribution in [0.25, 0.3) is 0 Å². The number of ketones is 1. The van der Waals surface area contributed by atoms with E-state index in [1.54, 1.807) is 0 Å². The van der Waals surface area contributed by atoms with Gasteiger partial charge in [0.15, 0.2) is 5.78 Å². The van der Waals surface area contributed by atoms with Gasteiger partial charge in [0.1, 0.15) is 0 Å². The highest BCUT2D eigenvalue weighted by Crippen LogP contribution is 2.41. The van der Waals surface area contributed by atoms with Crippen LogP contribution < -0.4 is 10.6 Å². The van der Waals surface area contributed by atoms with E-state index in [4.69, 9.17) is 0 Å². The Morgan fingerprint density at radius 1 is 1.20 bits per heavy atom. The van der Waals surface area contributed by atoms with E-state index in [9.17, 15) is 4.79 Å². The van der Waals surface area contributed by atoms with Gasteiger partial charge in [-0.15, -0.1) is 0 Å². The Balaban J connectivity index is 2.09. The Morgan fingerprint density at radius 3 is 2.60 bits per heavy atom. The summed E-state index contributed by atoms with van der Waals surface area (Å²) in [6.45, 7) is 6.46. The molecule has 3 rings (SSSR count). The average Bonchev–Trinajstić information content (AvgIpc) is 2.52. The van der Waals surface area contributed by atoms with E-state index >= 15 is 0 Å². The molecule has 0 unspecified atom stereocenters. The van der Waals surface area contributed by atoms with Crippen molar-refractivity contribution in [1.82, 2.24) is 0 Å². The standard InChI is InChI=1S/C17H22N2O/c1-4-11-16-14(9-17(2,3)10-15(16)20)19-13-8-6-5-7-12(13)18-11/h5-8,11,18-19H,4,9-10H2,1-3H3/t11-/m1/s1. The minimum absolute atomic E-state index is 0.0422. The first-order chi connectivity index (χ1) is 9.50. The van der Waals surface area contributed by atoms with Crippen molar-refractivity contribution in [2.24, 2.45) is 5.41 Å². The van der Waals surface area contributed by atoms with Crippen LogP contribution in [0, 0.1) is 5.41 Å². The fourth-order valence-corrected chi connectivity index (χ4v) is 3.30. The third-order valence-corrected chi connectivity index (χ3v) is 4.22. The van der Waals surface area contributed by atoms with Gasteiger partial charge in [-0.2, -0.15) is 0 Å². The second-order valence-electron chi connectivity index (χ2n) is 6.61. The molecule has 2 aliphatic rings. The van der Waals surface area contributed by atoms with Crippen LogP contribution in [-0.4, -0.2) is 11.8 Å². The summed E-state index contributed by atoms with van der Waals surface area (Å²) in [6, 6.07) is 8.30. The van der Waals surface area contributed by atoms with Gasteiger partial charge in [0.25, 0.3) is 0 Å². The van der Waals surface area contributed by atoms with E-state index in [0.717, 1.165) is 35.5 Å². The van der Waals surface area contributed by atoms with Crippen molar-refractivity contribution in [1.29, 1.82) is 0 Å². The normalized spacial score (nSPS) is 24.1. The molecule has 1 aromatic rings. The van der Waals surface area contributed by atoms with Crippen molar-refractivity contribution < 1.29 is 4.79 Å². The summed E-state index contributed by atoms with van der Waals surface area (Å²) >= 11 is 0. The van der Waals surface area contributed by atoms with Gasteiger partial charge in [0.2, 0.25) is 0 Å². The fraction of sp³-hybridized carbons (Fsp3) is 0.471. The molecule has 0 spiro atoms. The van der Waals surface area contributed by atoms with Crippen molar-refractivity contribution in [3.8, 4) is 0 Å². The second kappa shape index (κ2) is 4.65. The number of nitrogens with one attached hydrogen (secondary N) is 2. The van der Waals surface area contributed by atoms with Gasteiger partial charge < -0.3 is 10.6 Å². The topological polar surface area (TPSA) is 41.1 Å². The lowest BCUT2D eigenvalue weighted by Crippen LogP contribution is -2.34. The Kier molecular flexibility index (Phi) is 3.08. The minimum atomic E-state index is 0.0422. The lowest BCUT2D eigenvalue weighted by Gasteiger charge is -2.33. The lowest BCUT2D eigenvalue weighted by atomic mass is 9.74. The summed E-state index contributed by atoms with van der Waals surface area (Å²) < 4.78 is 0. The van der Waals surface area contributed by atoms with Gasteiger partial charge in [0, 0.05) is 17.7 Å².